The van der Waals surface area contributed by atoms with Crippen LogP contribution in [0.3, 0.4) is 0 Å². The van der Waals surface area contributed by atoms with Gasteiger partial charge in [0.1, 0.15) is 5.82 Å². The summed E-state index contributed by atoms with van der Waals surface area (Å²) in [5.74, 6) is 0.681. The van der Waals surface area contributed by atoms with Gasteiger partial charge in [-0.2, -0.15) is 0 Å². The van der Waals surface area contributed by atoms with E-state index in [4.69, 9.17) is 0 Å². The second kappa shape index (κ2) is 9.09. The molecule has 6 heteroatoms. The molecule has 0 unspecified atom stereocenters. The molecule has 1 aliphatic heterocycles. The maximum absolute atomic E-state index is 13.6. The van der Waals surface area contributed by atoms with Crippen molar-refractivity contribution in [2.24, 2.45) is 0 Å². The highest BCUT2D eigenvalue weighted by atomic mass is 32.2. The fourth-order valence-corrected chi connectivity index (χ4v) is 4.88. The van der Waals surface area contributed by atoms with E-state index in [-0.39, 0.29) is 17.1 Å². The first kappa shape index (κ1) is 20.1. The van der Waals surface area contributed by atoms with Crippen LogP contribution in [0.1, 0.15) is 55.8 Å². The summed E-state index contributed by atoms with van der Waals surface area (Å²) in [6.07, 6.45) is 3.74. The van der Waals surface area contributed by atoms with Crippen molar-refractivity contribution in [3.8, 4) is 5.69 Å². The third-order valence-electron chi connectivity index (χ3n) is 5.61. The van der Waals surface area contributed by atoms with Crippen molar-refractivity contribution in [3.05, 3.63) is 71.8 Å². The lowest BCUT2D eigenvalue weighted by atomic mass is 10.1. The summed E-state index contributed by atoms with van der Waals surface area (Å²) in [5, 5.41) is 10.2. The first-order valence-corrected chi connectivity index (χ1v) is 11.2. The summed E-state index contributed by atoms with van der Waals surface area (Å²) in [4.78, 5) is 2.47. The number of likely N-dealkylation sites (tertiary alicyclic amines) is 1. The lowest BCUT2D eigenvalue weighted by molar-refractivity contribution is 0.167. The van der Waals surface area contributed by atoms with Crippen molar-refractivity contribution in [3.63, 3.8) is 0 Å². The number of piperidine rings is 1. The molecule has 4 rings (SSSR count). The van der Waals surface area contributed by atoms with Crippen LogP contribution in [0.5, 0.6) is 0 Å². The Kier molecular flexibility index (Phi) is 6.31. The summed E-state index contributed by atoms with van der Waals surface area (Å²) >= 11 is 1.68. The Morgan fingerprint density at radius 2 is 1.59 bits per heavy atom. The van der Waals surface area contributed by atoms with E-state index < -0.39 is 0 Å². The standard InChI is InChI=1S/C23H27FN4S/c1-17(27-15-7-4-8-16-27)22-25-26-23(28(22)21-13-11-20(24)12-14-21)29-18(2)19-9-5-3-6-10-19/h3,5-6,9-14,17-18H,4,7-8,15-16H2,1-2H3/t17-,18+/m1/s1. The lowest BCUT2D eigenvalue weighted by Gasteiger charge is -2.32. The molecule has 1 aliphatic rings. The number of nitrogens with zero attached hydrogens (tertiary/aromatic N) is 4. The minimum Gasteiger partial charge on any atom is -0.294 e. The summed E-state index contributed by atoms with van der Waals surface area (Å²) in [6.45, 7) is 6.54. The highest BCUT2D eigenvalue weighted by Gasteiger charge is 2.26. The van der Waals surface area contributed by atoms with Crippen LogP contribution < -0.4 is 0 Å². The molecule has 0 amide bonds. The molecule has 3 aromatic rings. The zero-order valence-corrected chi connectivity index (χ0v) is 17.8. The average molecular weight is 411 g/mol. The molecule has 1 aromatic heterocycles. The summed E-state index contributed by atoms with van der Waals surface area (Å²) in [5.41, 5.74) is 2.15. The Morgan fingerprint density at radius 3 is 2.28 bits per heavy atom. The fourth-order valence-electron chi connectivity index (χ4n) is 3.88. The molecule has 4 nitrogen and oxygen atoms in total. The van der Waals surface area contributed by atoms with Gasteiger partial charge in [0.15, 0.2) is 11.0 Å². The van der Waals surface area contributed by atoms with Gasteiger partial charge in [-0.25, -0.2) is 4.39 Å². The predicted molar refractivity (Wildman–Crippen MR) is 116 cm³/mol. The van der Waals surface area contributed by atoms with E-state index in [9.17, 15) is 4.39 Å². The van der Waals surface area contributed by atoms with Crippen molar-refractivity contribution < 1.29 is 4.39 Å². The topological polar surface area (TPSA) is 34.0 Å². The molecule has 1 saturated heterocycles. The van der Waals surface area contributed by atoms with Crippen molar-refractivity contribution in [1.82, 2.24) is 19.7 Å². The van der Waals surface area contributed by atoms with Crippen molar-refractivity contribution in [2.75, 3.05) is 13.1 Å². The lowest BCUT2D eigenvalue weighted by Crippen LogP contribution is -2.33. The highest BCUT2D eigenvalue weighted by Crippen LogP contribution is 2.36. The molecule has 152 valence electrons. The normalized spacial score (nSPS) is 17.2. The molecule has 0 aliphatic carbocycles. The Bertz CT molecular complexity index is 920. The quantitative estimate of drug-likeness (QED) is 0.481. The van der Waals surface area contributed by atoms with Gasteiger partial charge in [-0.1, -0.05) is 48.5 Å². The number of thioether (sulfide) groups is 1. The van der Waals surface area contributed by atoms with E-state index in [2.05, 4.69) is 57.8 Å². The van der Waals surface area contributed by atoms with E-state index in [1.54, 1.807) is 11.8 Å². The van der Waals surface area contributed by atoms with Gasteiger partial charge < -0.3 is 0 Å². The fraction of sp³-hybridized carbons (Fsp3) is 0.391. The first-order valence-electron chi connectivity index (χ1n) is 10.3. The van der Waals surface area contributed by atoms with Crippen LogP contribution in [0.2, 0.25) is 0 Å². The average Bonchev–Trinajstić information content (AvgIpc) is 3.18. The van der Waals surface area contributed by atoms with Crippen LogP contribution in [0.25, 0.3) is 5.69 Å². The Morgan fingerprint density at radius 1 is 0.897 bits per heavy atom. The monoisotopic (exact) mass is 410 g/mol. The third kappa shape index (κ3) is 4.54. The summed E-state index contributed by atoms with van der Waals surface area (Å²) < 4.78 is 15.7. The molecule has 2 heterocycles. The molecule has 29 heavy (non-hydrogen) atoms. The van der Waals surface area contributed by atoms with Gasteiger partial charge in [-0.15, -0.1) is 10.2 Å². The largest absolute Gasteiger partial charge is 0.294 e. The van der Waals surface area contributed by atoms with E-state index in [0.717, 1.165) is 29.8 Å². The number of benzene rings is 2. The second-order valence-corrected chi connectivity index (χ2v) is 8.90. The highest BCUT2D eigenvalue weighted by molar-refractivity contribution is 7.99. The third-order valence-corrected chi connectivity index (χ3v) is 6.71. The van der Waals surface area contributed by atoms with Gasteiger partial charge in [0.25, 0.3) is 0 Å². The molecule has 1 fully saturated rings. The zero-order chi connectivity index (χ0) is 20.2. The van der Waals surface area contributed by atoms with Crippen LogP contribution in [-0.2, 0) is 0 Å². The van der Waals surface area contributed by atoms with E-state index >= 15 is 0 Å². The minimum absolute atomic E-state index is 0.161. The predicted octanol–water partition coefficient (Wildman–Crippen LogP) is 5.81. The molecule has 0 N–H and O–H groups in total. The van der Waals surface area contributed by atoms with Crippen LogP contribution >= 0.6 is 11.8 Å². The molecule has 0 bridgehead atoms. The van der Waals surface area contributed by atoms with Crippen LogP contribution in [0.15, 0.2) is 59.8 Å². The summed E-state index contributed by atoms with van der Waals surface area (Å²) in [7, 11) is 0. The van der Waals surface area contributed by atoms with Crippen molar-refractivity contribution in [1.29, 1.82) is 0 Å². The molecular formula is C23H27FN4S. The Hall–Kier alpha value is -2.18. The zero-order valence-electron chi connectivity index (χ0n) is 17.0. The number of rotatable bonds is 6. The molecule has 2 atom stereocenters. The van der Waals surface area contributed by atoms with Crippen LogP contribution in [0, 0.1) is 5.82 Å². The van der Waals surface area contributed by atoms with Gasteiger partial charge in [-0.05, 0) is 69.6 Å². The number of aromatic nitrogens is 3. The number of hydrogen-bond acceptors (Lipinski definition) is 4. The SMILES string of the molecule is C[C@H](Sc1nnc([C@@H](C)N2CCCCC2)n1-c1ccc(F)cc1)c1ccccc1. The van der Waals surface area contributed by atoms with E-state index in [0.29, 0.717) is 0 Å². The van der Waals surface area contributed by atoms with Crippen molar-refractivity contribution in [2.45, 2.75) is 49.6 Å². The second-order valence-electron chi connectivity index (χ2n) is 7.60. The Balaban J connectivity index is 1.69. The first-order chi connectivity index (χ1) is 14.1. The molecule has 0 radical (unpaired) electrons. The number of halogens is 1. The molecule has 0 spiro atoms. The van der Waals surface area contributed by atoms with E-state index in [1.807, 2.05) is 18.2 Å². The molecule has 0 saturated carbocycles. The van der Waals surface area contributed by atoms with E-state index in [1.165, 1.54) is 37.0 Å². The maximum Gasteiger partial charge on any atom is 0.196 e. The van der Waals surface area contributed by atoms with Crippen molar-refractivity contribution >= 4 is 11.8 Å². The molecule has 2 aromatic carbocycles. The van der Waals surface area contributed by atoms with Gasteiger partial charge in [-0.3, -0.25) is 9.47 Å². The van der Waals surface area contributed by atoms with Gasteiger partial charge >= 0.3 is 0 Å². The number of hydrogen-bond donors (Lipinski definition) is 0. The minimum atomic E-state index is -0.237. The van der Waals surface area contributed by atoms with Crippen LogP contribution in [-0.4, -0.2) is 32.8 Å². The van der Waals surface area contributed by atoms with Gasteiger partial charge in [0.05, 0.1) is 6.04 Å². The van der Waals surface area contributed by atoms with Gasteiger partial charge in [0, 0.05) is 10.9 Å². The maximum atomic E-state index is 13.6. The van der Waals surface area contributed by atoms with Gasteiger partial charge in [0.2, 0.25) is 0 Å². The Labute approximate surface area is 176 Å². The smallest absolute Gasteiger partial charge is 0.196 e. The summed E-state index contributed by atoms with van der Waals surface area (Å²) in [6, 6.07) is 17.2. The van der Waals surface area contributed by atoms with Crippen LogP contribution in [0.4, 0.5) is 4.39 Å². The molecular weight excluding hydrogens is 383 g/mol.